The number of aromatic carboxylic acids is 1. The first kappa shape index (κ1) is 14.6. The quantitative estimate of drug-likeness (QED) is 0.729. The summed E-state index contributed by atoms with van der Waals surface area (Å²) in [6.45, 7) is 1.55. The van der Waals surface area contributed by atoms with E-state index in [0.29, 0.717) is 11.6 Å². The number of rotatable bonds is 6. The van der Waals surface area contributed by atoms with Crippen LogP contribution in [0.4, 0.5) is 0 Å². The van der Waals surface area contributed by atoms with Crippen LogP contribution in [0, 0.1) is 0 Å². The van der Waals surface area contributed by atoms with Crippen molar-refractivity contribution in [3.63, 3.8) is 0 Å². The van der Waals surface area contributed by atoms with Crippen molar-refractivity contribution in [1.82, 2.24) is 4.98 Å². The molecule has 0 spiro atoms. The highest BCUT2D eigenvalue weighted by Gasteiger charge is 2.12. The molecule has 1 unspecified atom stereocenters. The van der Waals surface area contributed by atoms with Crippen molar-refractivity contribution in [2.45, 2.75) is 6.54 Å². The molecule has 0 aliphatic heterocycles. The van der Waals surface area contributed by atoms with Crippen LogP contribution in [0.1, 0.15) is 16.1 Å². The summed E-state index contributed by atoms with van der Waals surface area (Å²) in [7, 11) is 2.00. The minimum Gasteiger partial charge on any atom is -0.543 e. The lowest BCUT2D eigenvalue weighted by atomic mass is 10.1. The Balaban J connectivity index is 2.28. The lowest BCUT2D eigenvalue weighted by Gasteiger charge is -2.14. The summed E-state index contributed by atoms with van der Waals surface area (Å²) < 4.78 is 0. The number of nitrogens with one attached hydrogen (secondary N) is 1. The fourth-order valence-electron chi connectivity index (χ4n) is 1.98. The van der Waals surface area contributed by atoms with Gasteiger partial charge in [-0.05, 0) is 0 Å². The van der Waals surface area contributed by atoms with Gasteiger partial charge in [-0.1, -0.05) is 24.3 Å². The first-order valence-corrected chi connectivity index (χ1v) is 7.17. The molecule has 0 amide bonds. The van der Waals surface area contributed by atoms with Crippen molar-refractivity contribution in [3.05, 3.63) is 40.9 Å². The zero-order valence-corrected chi connectivity index (χ0v) is 11.9. The maximum atomic E-state index is 10.8. The fraction of sp³-hybridized carbons (Fsp3) is 0.286. The van der Waals surface area contributed by atoms with Crippen molar-refractivity contribution < 1.29 is 19.9 Å². The number of nitrogens with zero attached hydrogens (tertiary/aromatic N) is 1. The molecule has 0 aliphatic carbocycles. The van der Waals surface area contributed by atoms with E-state index in [2.05, 4.69) is 4.98 Å². The van der Waals surface area contributed by atoms with Crippen molar-refractivity contribution >= 4 is 17.3 Å². The number of quaternary nitrogens is 1. The molecule has 2 aromatic rings. The third-order valence-electron chi connectivity index (χ3n) is 2.99. The van der Waals surface area contributed by atoms with E-state index < -0.39 is 5.97 Å². The van der Waals surface area contributed by atoms with Crippen LogP contribution in [-0.4, -0.2) is 36.3 Å². The molecule has 5 nitrogen and oxygen atoms in total. The van der Waals surface area contributed by atoms with E-state index in [1.807, 2.05) is 31.3 Å². The predicted octanol–water partition coefficient (Wildman–Crippen LogP) is -0.819. The van der Waals surface area contributed by atoms with Crippen LogP contribution in [-0.2, 0) is 6.54 Å². The van der Waals surface area contributed by atoms with Crippen molar-refractivity contribution in [2.24, 2.45) is 0 Å². The van der Waals surface area contributed by atoms with Gasteiger partial charge in [-0.25, -0.2) is 4.98 Å². The number of thiazole rings is 1. The van der Waals surface area contributed by atoms with Crippen molar-refractivity contribution in [3.8, 4) is 10.6 Å². The number of carboxylic acids is 1. The monoisotopic (exact) mass is 292 g/mol. The molecule has 0 fully saturated rings. The molecule has 0 saturated carbocycles. The Bertz CT molecular complexity index is 598. The van der Waals surface area contributed by atoms with E-state index in [0.717, 1.165) is 17.7 Å². The van der Waals surface area contributed by atoms with Gasteiger partial charge in [0.1, 0.15) is 18.1 Å². The fourth-order valence-corrected chi connectivity index (χ4v) is 2.83. The van der Waals surface area contributed by atoms with Gasteiger partial charge < -0.3 is 19.9 Å². The van der Waals surface area contributed by atoms with Crippen LogP contribution in [0.3, 0.4) is 0 Å². The van der Waals surface area contributed by atoms with Gasteiger partial charge >= 0.3 is 0 Å². The normalized spacial score (nSPS) is 12.3. The average molecular weight is 292 g/mol. The summed E-state index contributed by atoms with van der Waals surface area (Å²) in [5.74, 6) is -1.26. The number of aromatic nitrogens is 1. The van der Waals surface area contributed by atoms with Crippen LogP contribution in [0.2, 0.25) is 0 Å². The van der Waals surface area contributed by atoms with E-state index >= 15 is 0 Å². The molecule has 2 N–H and O–H groups in total. The number of hydrogen-bond donors (Lipinski definition) is 2. The second-order valence-electron chi connectivity index (χ2n) is 4.59. The summed E-state index contributed by atoms with van der Waals surface area (Å²) in [5.41, 5.74) is 1.98. The summed E-state index contributed by atoms with van der Waals surface area (Å²) in [4.78, 5) is 16.1. The van der Waals surface area contributed by atoms with E-state index in [-0.39, 0.29) is 12.3 Å². The topological polar surface area (TPSA) is 77.7 Å². The van der Waals surface area contributed by atoms with Crippen LogP contribution in [0.5, 0.6) is 0 Å². The Kier molecular flexibility index (Phi) is 4.84. The second-order valence-corrected chi connectivity index (χ2v) is 5.45. The molecule has 0 saturated heterocycles. The van der Waals surface area contributed by atoms with Gasteiger partial charge in [-0.15, -0.1) is 11.3 Å². The zero-order valence-electron chi connectivity index (χ0n) is 11.1. The van der Waals surface area contributed by atoms with E-state index in [1.54, 1.807) is 0 Å². The Morgan fingerprint density at radius 3 is 2.85 bits per heavy atom. The molecule has 0 radical (unpaired) electrons. The highest BCUT2D eigenvalue weighted by atomic mass is 32.1. The molecule has 2 rings (SSSR count). The Labute approximate surface area is 121 Å². The van der Waals surface area contributed by atoms with Gasteiger partial charge in [0, 0.05) is 16.5 Å². The van der Waals surface area contributed by atoms with Crippen LogP contribution >= 0.6 is 11.3 Å². The van der Waals surface area contributed by atoms with Gasteiger partial charge in [0.05, 0.1) is 25.3 Å². The highest BCUT2D eigenvalue weighted by molar-refractivity contribution is 7.13. The summed E-state index contributed by atoms with van der Waals surface area (Å²) >= 11 is 1.29. The van der Waals surface area contributed by atoms with Gasteiger partial charge in [-0.2, -0.15) is 0 Å². The van der Waals surface area contributed by atoms with Crippen LogP contribution < -0.4 is 10.0 Å². The molecule has 1 atom stereocenters. The summed E-state index contributed by atoms with van der Waals surface area (Å²) in [6, 6.07) is 7.77. The smallest absolute Gasteiger partial charge is 0.124 e. The number of aliphatic hydroxyl groups is 1. The first-order chi connectivity index (χ1) is 9.61. The highest BCUT2D eigenvalue weighted by Crippen LogP contribution is 2.26. The molecule has 1 heterocycles. The van der Waals surface area contributed by atoms with Gasteiger partial charge in [0.2, 0.25) is 0 Å². The largest absolute Gasteiger partial charge is 0.543 e. The Morgan fingerprint density at radius 2 is 2.20 bits per heavy atom. The second kappa shape index (κ2) is 6.60. The minimum atomic E-state index is -1.26. The lowest BCUT2D eigenvalue weighted by Crippen LogP contribution is -3.08. The van der Waals surface area contributed by atoms with Crippen molar-refractivity contribution in [2.75, 3.05) is 20.2 Å². The third kappa shape index (κ3) is 3.41. The number of hydrogen-bond acceptors (Lipinski definition) is 5. The molecular weight excluding hydrogens is 276 g/mol. The number of likely N-dealkylation sites (N-methyl/N-ethyl adjacent to an activating group) is 1. The Hall–Kier alpha value is -1.76. The standard InChI is InChI=1S/C14H16N2O3S/c1-16(6-7-17)8-10-4-2-3-5-11(10)13-15-12(9-20-13)14(18)19/h2-5,9,17H,6-8H2,1H3,(H,18,19). The number of carbonyl (C=O) groups is 1. The van der Waals surface area contributed by atoms with Gasteiger partial charge in [0.15, 0.2) is 0 Å². The molecule has 0 aliphatic rings. The molecular formula is C14H16N2O3S. The summed E-state index contributed by atoms with van der Waals surface area (Å²) in [6.07, 6.45) is 0. The van der Waals surface area contributed by atoms with Crippen LogP contribution in [0.25, 0.3) is 10.6 Å². The number of aliphatic hydroxyl groups excluding tert-OH is 1. The lowest BCUT2D eigenvalue weighted by molar-refractivity contribution is -0.894. The molecule has 1 aromatic heterocycles. The third-order valence-corrected chi connectivity index (χ3v) is 3.87. The van der Waals surface area contributed by atoms with Gasteiger partial charge in [0.25, 0.3) is 0 Å². The van der Waals surface area contributed by atoms with Crippen molar-refractivity contribution in [1.29, 1.82) is 0 Å². The zero-order chi connectivity index (χ0) is 14.5. The number of carboxylic acid groups (broad SMARTS) is 1. The van der Waals surface area contributed by atoms with Crippen LogP contribution in [0.15, 0.2) is 29.6 Å². The van der Waals surface area contributed by atoms with E-state index in [1.165, 1.54) is 21.6 Å². The minimum absolute atomic E-state index is 0.0316. The summed E-state index contributed by atoms with van der Waals surface area (Å²) in [5, 5.41) is 21.9. The Morgan fingerprint density at radius 1 is 1.45 bits per heavy atom. The first-order valence-electron chi connectivity index (χ1n) is 6.29. The molecule has 6 heteroatoms. The SMILES string of the molecule is C[NH+](CCO)Cc1ccccc1-c1nc(C(=O)[O-])cs1. The van der Waals surface area contributed by atoms with E-state index in [9.17, 15) is 9.90 Å². The molecule has 0 bridgehead atoms. The van der Waals surface area contributed by atoms with E-state index in [4.69, 9.17) is 5.11 Å². The molecule has 20 heavy (non-hydrogen) atoms. The molecule has 1 aromatic carbocycles. The predicted molar refractivity (Wildman–Crippen MR) is 74.4 cm³/mol. The number of carbonyl (C=O) groups excluding carboxylic acids is 1. The van der Waals surface area contributed by atoms with Gasteiger partial charge in [-0.3, -0.25) is 0 Å². The number of benzene rings is 1. The maximum absolute atomic E-state index is 10.8. The maximum Gasteiger partial charge on any atom is 0.124 e. The molecule has 106 valence electrons. The average Bonchev–Trinajstić information content (AvgIpc) is 2.89.